The van der Waals surface area contributed by atoms with Crippen LogP contribution in [-0.4, -0.2) is 28.2 Å². The second-order valence-electron chi connectivity index (χ2n) is 6.81. The number of aromatic nitrogens is 2. The molecule has 1 aliphatic rings. The number of thioether (sulfide) groups is 1. The van der Waals surface area contributed by atoms with Crippen molar-refractivity contribution in [3.8, 4) is 0 Å². The molecule has 0 radical (unpaired) electrons. The van der Waals surface area contributed by atoms with Gasteiger partial charge in [-0.1, -0.05) is 60.3 Å². The average Bonchev–Trinajstić information content (AvgIpc) is 3.14. The Balaban J connectivity index is 1.44. The first-order valence-corrected chi connectivity index (χ1v) is 10.2. The molecule has 0 unspecified atom stereocenters. The number of nitrogens with zero attached hydrogens (tertiary/aromatic N) is 2. The average molecular weight is 391 g/mol. The Kier molecular flexibility index (Phi) is 5.30. The molecule has 0 fully saturated rings. The van der Waals surface area contributed by atoms with Crippen molar-refractivity contribution in [1.82, 2.24) is 9.97 Å². The molecule has 0 aliphatic carbocycles. The van der Waals surface area contributed by atoms with Crippen molar-refractivity contribution >= 4 is 23.4 Å². The maximum Gasteiger partial charge on any atom is 0.255 e. The van der Waals surface area contributed by atoms with Gasteiger partial charge in [0.2, 0.25) is 5.91 Å². The lowest BCUT2D eigenvalue weighted by Crippen LogP contribution is -2.30. The number of anilines is 1. The fourth-order valence-corrected chi connectivity index (χ4v) is 4.25. The molecule has 2 heterocycles. The highest BCUT2D eigenvalue weighted by atomic mass is 32.2. The van der Waals surface area contributed by atoms with Crippen LogP contribution in [-0.2, 0) is 17.6 Å². The predicted molar refractivity (Wildman–Crippen MR) is 112 cm³/mol. The van der Waals surface area contributed by atoms with Gasteiger partial charge in [0.25, 0.3) is 5.56 Å². The molecule has 4 rings (SSSR count). The van der Waals surface area contributed by atoms with E-state index in [9.17, 15) is 9.59 Å². The van der Waals surface area contributed by atoms with E-state index in [0.717, 1.165) is 17.7 Å². The summed E-state index contributed by atoms with van der Waals surface area (Å²) < 4.78 is 0. The number of aromatic amines is 1. The normalized spacial score (nSPS) is 12.8. The van der Waals surface area contributed by atoms with Crippen molar-refractivity contribution in [3.05, 3.63) is 87.3 Å². The summed E-state index contributed by atoms with van der Waals surface area (Å²) in [6.07, 6.45) is 1.43. The molecule has 1 aromatic heterocycles. The van der Waals surface area contributed by atoms with Crippen LogP contribution in [0.15, 0.2) is 64.5 Å². The topological polar surface area (TPSA) is 66.1 Å². The maximum absolute atomic E-state index is 12.6. The lowest BCUT2D eigenvalue weighted by atomic mass is 10.1. The quantitative estimate of drug-likeness (QED) is 0.535. The summed E-state index contributed by atoms with van der Waals surface area (Å²) in [6, 6.07) is 17.8. The third-order valence-corrected chi connectivity index (χ3v) is 5.80. The van der Waals surface area contributed by atoms with Gasteiger partial charge in [0, 0.05) is 29.9 Å². The number of amides is 1. The van der Waals surface area contributed by atoms with E-state index < -0.39 is 0 Å². The van der Waals surface area contributed by atoms with E-state index in [1.54, 1.807) is 0 Å². The Bertz CT molecular complexity index is 1060. The van der Waals surface area contributed by atoms with Gasteiger partial charge in [0.15, 0.2) is 5.16 Å². The zero-order chi connectivity index (χ0) is 19.5. The van der Waals surface area contributed by atoms with Crippen LogP contribution < -0.4 is 10.5 Å². The van der Waals surface area contributed by atoms with Crippen molar-refractivity contribution in [3.63, 3.8) is 0 Å². The molecule has 0 spiro atoms. The maximum atomic E-state index is 12.6. The van der Waals surface area contributed by atoms with Crippen LogP contribution in [0, 0.1) is 6.92 Å². The van der Waals surface area contributed by atoms with Crippen molar-refractivity contribution < 1.29 is 4.79 Å². The van der Waals surface area contributed by atoms with Crippen LogP contribution >= 0.6 is 11.8 Å². The first kappa shape index (κ1) is 18.5. The van der Waals surface area contributed by atoms with E-state index in [2.05, 4.69) is 16.0 Å². The Morgan fingerprint density at radius 2 is 1.89 bits per heavy atom. The highest BCUT2D eigenvalue weighted by Gasteiger charge is 2.24. The Hall–Kier alpha value is -2.86. The van der Waals surface area contributed by atoms with Crippen LogP contribution in [0.3, 0.4) is 0 Å². The zero-order valence-corrected chi connectivity index (χ0v) is 16.5. The van der Waals surface area contributed by atoms with Gasteiger partial charge in [-0.05, 0) is 30.5 Å². The largest absolute Gasteiger partial charge is 0.311 e. The van der Waals surface area contributed by atoms with Gasteiger partial charge in [0.1, 0.15) is 0 Å². The number of rotatable bonds is 5. The number of fused-ring (bicyclic) bond motifs is 1. The van der Waals surface area contributed by atoms with E-state index in [-0.39, 0.29) is 17.2 Å². The van der Waals surface area contributed by atoms with Gasteiger partial charge < -0.3 is 9.88 Å². The highest BCUT2D eigenvalue weighted by Crippen LogP contribution is 2.28. The Morgan fingerprint density at radius 1 is 1.14 bits per heavy atom. The number of hydrogen-bond donors (Lipinski definition) is 1. The number of carbonyl (C=O) groups is 1. The summed E-state index contributed by atoms with van der Waals surface area (Å²) in [6.45, 7) is 2.55. The molecule has 1 N–H and O–H groups in total. The second-order valence-corrected chi connectivity index (χ2v) is 7.77. The minimum atomic E-state index is -0.141. The van der Waals surface area contributed by atoms with Crippen molar-refractivity contribution in [1.29, 1.82) is 0 Å². The SMILES string of the molecule is Cc1nc(SCC(=O)N2CCc3ccccc32)[nH]c(=O)c1Cc1ccccc1. The first-order chi connectivity index (χ1) is 13.6. The fourth-order valence-electron chi connectivity index (χ4n) is 3.47. The molecular formula is C22H21N3O2S. The number of H-pyrrole nitrogens is 1. The first-order valence-electron chi connectivity index (χ1n) is 9.26. The number of hydrogen-bond acceptors (Lipinski definition) is 4. The molecule has 28 heavy (non-hydrogen) atoms. The molecule has 0 atom stereocenters. The third-order valence-electron chi connectivity index (χ3n) is 4.94. The second kappa shape index (κ2) is 8.02. The molecule has 6 heteroatoms. The van der Waals surface area contributed by atoms with E-state index in [1.807, 2.05) is 60.4 Å². The molecule has 0 bridgehead atoms. The van der Waals surface area contributed by atoms with Gasteiger partial charge in [-0.2, -0.15) is 0 Å². The van der Waals surface area contributed by atoms with Crippen LogP contribution in [0.2, 0.25) is 0 Å². The lowest BCUT2D eigenvalue weighted by molar-refractivity contribution is -0.116. The molecule has 3 aromatic rings. The van der Waals surface area contributed by atoms with Gasteiger partial charge in [-0.25, -0.2) is 4.98 Å². The Morgan fingerprint density at radius 3 is 2.68 bits per heavy atom. The number of aryl methyl sites for hydroxylation is 1. The standard InChI is InChI=1S/C22H21N3O2S/c1-15-18(13-16-7-3-2-4-8-16)21(27)24-22(23-15)28-14-20(26)25-12-11-17-9-5-6-10-19(17)25/h2-10H,11-14H2,1H3,(H,23,24,27). The summed E-state index contributed by atoms with van der Waals surface area (Å²) in [5, 5.41) is 0.486. The summed E-state index contributed by atoms with van der Waals surface area (Å²) >= 11 is 1.28. The summed E-state index contributed by atoms with van der Waals surface area (Å²) in [7, 11) is 0. The van der Waals surface area contributed by atoms with Gasteiger partial charge in [-0.15, -0.1) is 0 Å². The van der Waals surface area contributed by atoms with Crippen molar-refractivity contribution in [2.24, 2.45) is 0 Å². The number of para-hydroxylation sites is 1. The number of carbonyl (C=O) groups excluding carboxylic acids is 1. The lowest BCUT2D eigenvalue weighted by Gasteiger charge is -2.17. The Labute approximate surface area is 167 Å². The molecule has 0 saturated carbocycles. The van der Waals surface area contributed by atoms with Crippen LogP contribution in [0.1, 0.15) is 22.4 Å². The molecule has 142 valence electrons. The minimum absolute atomic E-state index is 0.0311. The molecule has 1 amide bonds. The highest BCUT2D eigenvalue weighted by molar-refractivity contribution is 7.99. The number of nitrogens with one attached hydrogen (secondary N) is 1. The molecule has 5 nitrogen and oxygen atoms in total. The zero-order valence-electron chi connectivity index (χ0n) is 15.6. The van der Waals surface area contributed by atoms with Gasteiger partial charge in [0.05, 0.1) is 5.75 Å². The monoisotopic (exact) mass is 391 g/mol. The van der Waals surface area contributed by atoms with Gasteiger partial charge in [-0.3, -0.25) is 9.59 Å². The van der Waals surface area contributed by atoms with E-state index in [0.29, 0.717) is 29.4 Å². The summed E-state index contributed by atoms with van der Waals surface area (Å²) in [4.78, 5) is 34.3. The summed E-state index contributed by atoms with van der Waals surface area (Å²) in [5.74, 6) is 0.276. The fraction of sp³-hybridized carbons (Fsp3) is 0.227. The smallest absolute Gasteiger partial charge is 0.255 e. The molecule has 1 aliphatic heterocycles. The van der Waals surface area contributed by atoms with Crippen molar-refractivity contribution in [2.45, 2.75) is 24.9 Å². The molecular weight excluding hydrogens is 370 g/mol. The van der Waals surface area contributed by atoms with Gasteiger partial charge >= 0.3 is 0 Å². The predicted octanol–water partition coefficient (Wildman–Crippen LogP) is 3.35. The number of benzene rings is 2. The molecule has 2 aromatic carbocycles. The minimum Gasteiger partial charge on any atom is -0.311 e. The van der Waals surface area contributed by atoms with E-state index in [1.165, 1.54) is 17.3 Å². The van der Waals surface area contributed by atoms with E-state index in [4.69, 9.17) is 0 Å². The van der Waals surface area contributed by atoms with Crippen LogP contribution in [0.5, 0.6) is 0 Å². The van der Waals surface area contributed by atoms with Crippen LogP contribution in [0.25, 0.3) is 0 Å². The van der Waals surface area contributed by atoms with Crippen molar-refractivity contribution in [2.75, 3.05) is 17.2 Å². The van der Waals surface area contributed by atoms with Crippen LogP contribution in [0.4, 0.5) is 5.69 Å². The third kappa shape index (κ3) is 3.87. The summed E-state index contributed by atoms with van der Waals surface area (Å²) in [5.41, 5.74) is 4.49. The molecule has 0 saturated heterocycles. The van der Waals surface area contributed by atoms with E-state index >= 15 is 0 Å².